The van der Waals surface area contributed by atoms with E-state index in [0.717, 1.165) is 31.2 Å². The lowest BCUT2D eigenvalue weighted by atomic mass is 10.0. The first-order valence-electron chi connectivity index (χ1n) is 9.56. The summed E-state index contributed by atoms with van der Waals surface area (Å²) in [5.41, 5.74) is 1.14. The lowest BCUT2D eigenvalue weighted by Gasteiger charge is -2.30. The summed E-state index contributed by atoms with van der Waals surface area (Å²) in [4.78, 5) is 14.4. The van der Waals surface area contributed by atoms with Gasteiger partial charge in [-0.1, -0.05) is 43.2 Å². The third-order valence-electron chi connectivity index (χ3n) is 5.63. The summed E-state index contributed by atoms with van der Waals surface area (Å²) < 4.78 is 5.85. The first kappa shape index (κ1) is 19.3. The number of benzene rings is 1. The average Bonchev–Trinajstić information content (AvgIpc) is 3.28. The van der Waals surface area contributed by atoms with Crippen LogP contribution in [0.1, 0.15) is 31.2 Å². The van der Waals surface area contributed by atoms with E-state index in [1.807, 2.05) is 42.3 Å². The van der Waals surface area contributed by atoms with Gasteiger partial charge in [-0.05, 0) is 25.5 Å². The minimum absolute atomic E-state index is 0.0810. The van der Waals surface area contributed by atoms with Crippen LogP contribution in [0.3, 0.4) is 0 Å². The maximum absolute atomic E-state index is 12.3. The summed E-state index contributed by atoms with van der Waals surface area (Å²) in [6, 6.07) is 9.75. The standard InChI is InChI=1S/C20H30N2O4/c1-22(12-14-7-3-2-4-8-14)18-16(26-17(13-23)19(18)24)11-21-20(25)15-9-5-6-10-15/h2-4,7-8,15-19,23-24H,5-6,9-13H2,1H3,(H,21,25). The van der Waals surface area contributed by atoms with Crippen molar-refractivity contribution < 1.29 is 19.7 Å². The summed E-state index contributed by atoms with van der Waals surface area (Å²) in [7, 11) is 1.94. The molecule has 4 unspecified atom stereocenters. The molecule has 3 N–H and O–H groups in total. The zero-order chi connectivity index (χ0) is 18.5. The zero-order valence-electron chi connectivity index (χ0n) is 15.4. The molecule has 0 aromatic heterocycles. The summed E-state index contributed by atoms with van der Waals surface area (Å²) in [6.07, 6.45) is 2.39. The van der Waals surface area contributed by atoms with Crippen molar-refractivity contribution in [2.75, 3.05) is 20.2 Å². The third kappa shape index (κ3) is 4.43. The molecule has 0 bridgehead atoms. The SMILES string of the molecule is CN(Cc1ccccc1)C1C(CNC(=O)C2CCCC2)OC(CO)C1O. The van der Waals surface area contributed by atoms with Crippen molar-refractivity contribution in [1.82, 2.24) is 10.2 Å². The number of amides is 1. The number of aliphatic hydroxyl groups is 2. The van der Waals surface area contributed by atoms with Crippen molar-refractivity contribution >= 4 is 5.91 Å². The molecular formula is C20H30N2O4. The smallest absolute Gasteiger partial charge is 0.223 e. The molecule has 1 aromatic carbocycles. The normalized spacial score (nSPS) is 29.4. The summed E-state index contributed by atoms with van der Waals surface area (Å²) >= 11 is 0. The number of carbonyl (C=O) groups excluding carboxylic acids is 1. The summed E-state index contributed by atoms with van der Waals surface area (Å²) in [5.74, 6) is 0.188. The fraction of sp³-hybridized carbons (Fsp3) is 0.650. The number of rotatable bonds is 7. The Morgan fingerprint density at radius 1 is 1.23 bits per heavy atom. The van der Waals surface area contributed by atoms with E-state index in [1.54, 1.807) is 0 Å². The first-order valence-corrected chi connectivity index (χ1v) is 9.56. The van der Waals surface area contributed by atoms with Gasteiger partial charge in [0, 0.05) is 19.0 Å². The van der Waals surface area contributed by atoms with E-state index in [2.05, 4.69) is 5.32 Å². The van der Waals surface area contributed by atoms with E-state index in [0.29, 0.717) is 13.1 Å². The maximum atomic E-state index is 12.3. The Kier molecular flexibility index (Phi) is 6.64. The highest BCUT2D eigenvalue weighted by Gasteiger charge is 2.45. The third-order valence-corrected chi connectivity index (χ3v) is 5.63. The fourth-order valence-corrected chi connectivity index (χ4v) is 4.20. The number of nitrogens with zero attached hydrogens (tertiary/aromatic N) is 1. The number of hydrogen-bond donors (Lipinski definition) is 3. The molecule has 3 rings (SSSR count). The van der Waals surface area contributed by atoms with Gasteiger partial charge in [-0.3, -0.25) is 9.69 Å². The van der Waals surface area contributed by atoms with Crippen molar-refractivity contribution in [2.24, 2.45) is 5.92 Å². The van der Waals surface area contributed by atoms with Crippen molar-refractivity contribution in [3.63, 3.8) is 0 Å². The van der Waals surface area contributed by atoms with E-state index >= 15 is 0 Å². The van der Waals surface area contributed by atoms with Gasteiger partial charge in [0.05, 0.1) is 18.8 Å². The summed E-state index contributed by atoms with van der Waals surface area (Å²) in [6.45, 7) is 0.785. The van der Waals surface area contributed by atoms with E-state index < -0.39 is 12.2 Å². The predicted octanol–water partition coefficient (Wildman–Crippen LogP) is 0.914. The largest absolute Gasteiger partial charge is 0.394 e. The zero-order valence-corrected chi connectivity index (χ0v) is 15.4. The van der Waals surface area contributed by atoms with Crippen LogP contribution in [0.4, 0.5) is 0 Å². The van der Waals surface area contributed by atoms with E-state index in [9.17, 15) is 15.0 Å². The van der Waals surface area contributed by atoms with Gasteiger partial charge >= 0.3 is 0 Å². The molecule has 0 spiro atoms. The molecule has 6 heteroatoms. The molecule has 1 saturated carbocycles. The lowest BCUT2D eigenvalue weighted by Crippen LogP contribution is -2.49. The van der Waals surface area contributed by atoms with Gasteiger partial charge < -0.3 is 20.3 Å². The maximum Gasteiger partial charge on any atom is 0.223 e. The molecule has 2 fully saturated rings. The van der Waals surface area contributed by atoms with Gasteiger partial charge in [-0.25, -0.2) is 0 Å². The second-order valence-corrected chi connectivity index (χ2v) is 7.50. The van der Waals surface area contributed by atoms with Gasteiger partial charge in [0.1, 0.15) is 12.2 Å². The number of ether oxygens (including phenoxy) is 1. The highest BCUT2D eigenvalue weighted by molar-refractivity contribution is 5.78. The fourth-order valence-electron chi connectivity index (χ4n) is 4.20. The van der Waals surface area contributed by atoms with E-state index in [4.69, 9.17) is 4.74 Å². The second kappa shape index (κ2) is 8.95. The van der Waals surface area contributed by atoms with Crippen molar-refractivity contribution in [1.29, 1.82) is 0 Å². The molecule has 1 aliphatic carbocycles. The predicted molar refractivity (Wildman–Crippen MR) is 98.4 cm³/mol. The Morgan fingerprint density at radius 2 is 1.92 bits per heavy atom. The topological polar surface area (TPSA) is 82.0 Å². The molecule has 1 aromatic rings. The monoisotopic (exact) mass is 362 g/mol. The Hall–Kier alpha value is -1.47. The number of carbonyl (C=O) groups is 1. The van der Waals surface area contributed by atoms with Crippen molar-refractivity contribution in [3.05, 3.63) is 35.9 Å². The molecule has 1 aliphatic heterocycles. The van der Waals surface area contributed by atoms with Crippen LogP contribution in [0, 0.1) is 5.92 Å². The van der Waals surface area contributed by atoms with Crippen LogP contribution >= 0.6 is 0 Å². The number of hydrogen-bond acceptors (Lipinski definition) is 5. The molecule has 6 nitrogen and oxygen atoms in total. The van der Waals surface area contributed by atoms with Crippen LogP contribution in [0.2, 0.25) is 0 Å². The van der Waals surface area contributed by atoms with Crippen LogP contribution in [0.15, 0.2) is 30.3 Å². The van der Waals surface area contributed by atoms with Gasteiger partial charge in [0.25, 0.3) is 0 Å². The van der Waals surface area contributed by atoms with Crippen molar-refractivity contribution in [3.8, 4) is 0 Å². The van der Waals surface area contributed by atoms with Gasteiger partial charge in [0.2, 0.25) is 5.91 Å². The van der Waals surface area contributed by atoms with Crippen LogP contribution < -0.4 is 5.32 Å². The molecule has 1 amide bonds. The van der Waals surface area contributed by atoms with E-state index in [1.165, 1.54) is 0 Å². The Balaban J connectivity index is 1.62. The molecule has 26 heavy (non-hydrogen) atoms. The minimum Gasteiger partial charge on any atom is -0.394 e. The number of nitrogens with one attached hydrogen (secondary N) is 1. The minimum atomic E-state index is -0.790. The summed E-state index contributed by atoms with van der Waals surface area (Å²) in [5, 5.41) is 23.1. The van der Waals surface area contributed by atoms with Crippen LogP contribution in [-0.4, -0.2) is 65.6 Å². The molecule has 4 atom stereocenters. The van der Waals surface area contributed by atoms with Gasteiger partial charge in [0.15, 0.2) is 0 Å². The van der Waals surface area contributed by atoms with Crippen LogP contribution in [0.25, 0.3) is 0 Å². The highest BCUT2D eigenvalue weighted by Crippen LogP contribution is 2.27. The Labute approximate surface area is 155 Å². The molecular weight excluding hydrogens is 332 g/mol. The lowest BCUT2D eigenvalue weighted by molar-refractivity contribution is -0.125. The van der Waals surface area contributed by atoms with Crippen LogP contribution in [-0.2, 0) is 16.1 Å². The van der Waals surface area contributed by atoms with Crippen LogP contribution in [0.5, 0.6) is 0 Å². The number of aliphatic hydroxyl groups excluding tert-OH is 2. The average molecular weight is 362 g/mol. The van der Waals surface area contributed by atoms with E-state index in [-0.39, 0.29) is 30.6 Å². The Bertz CT molecular complexity index is 576. The second-order valence-electron chi connectivity index (χ2n) is 7.50. The molecule has 2 aliphatic rings. The van der Waals surface area contributed by atoms with Gasteiger partial charge in [-0.15, -0.1) is 0 Å². The Morgan fingerprint density at radius 3 is 2.58 bits per heavy atom. The molecule has 1 saturated heterocycles. The quantitative estimate of drug-likeness (QED) is 0.672. The molecule has 1 heterocycles. The first-order chi connectivity index (χ1) is 12.6. The highest BCUT2D eigenvalue weighted by atomic mass is 16.5. The van der Waals surface area contributed by atoms with Crippen molar-refractivity contribution in [2.45, 2.75) is 56.6 Å². The molecule has 0 radical (unpaired) electrons. The molecule has 144 valence electrons. The number of likely N-dealkylation sites (N-methyl/N-ethyl adjacent to an activating group) is 1. The van der Waals surface area contributed by atoms with Gasteiger partial charge in [-0.2, -0.15) is 0 Å².